The molecule has 0 bridgehead atoms. The SMILES string of the molecule is Cn1nc(Br)c2c(NCC(C)(O)c3ccsc3)ncnc21. The molecule has 2 N–H and O–H groups in total. The molecule has 3 aromatic heterocycles. The highest BCUT2D eigenvalue weighted by atomic mass is 79.9. The van der Waals surface area contributed by atoms with Crippen molar-refractivity contribution < 1.29 is 5.11 Å². The number of nitrogens with one attached hydrogen (secondary N) is 1. The van der Waals surface area contributed by atoms with Crippen LogP contribution in [0.15, 0.2) is 27.8 Å². The molecule has 6 nitrogen and oxygen atoms in total. The quantitative estimate of drug-likeness (QED) is 0.740. The standard InChI is InChI=1S/C13H14BrN5OS/c1-13(20,8-3-4-21-5-8)6-15-11-9-10(14)18-19(2)12(9)17-7-16-11/h3-5,7,20H,6H2,1-2H3,(H,15,16,17). The zero-order valence-corrected chi connectivity index (χ0v) is 13.9. The molecule has 0 aliphatic heterocycles. The Hall–Kier alpha value is -1.51. The van der Waals surface area contributed by atoms with Crippen LogP contribution in [-0.2, 0) is 12.6 Å². The van der Waals surface area contributed by atoms with Crippen molar-refractivity contribution in [3.05, 3.63) is 33.3 Å². The van der Waals surface area contributed by atoms with Crippen LogP contribution in [0.2, 0.25) is 0 Å². The molecule has 8 heteroatoms. The van der Waals surface area contributed by atoms with E-state index in [1.807, 2.05) is 23.9 Å². The number of hydrogen-bond acceptors (Lipinski definition) is 6. The summed E-state index contributed by atoms with van der Waals surface area (Å²) in [5.74, 6) is 0.649. The maximum Gasteiger partial charge on any atom is 0.164 e. The second-order valence-electron chi connectivity index (χ2n) is 4.97. The van der Waals surface area contributed by atoms with Gasteiger partial charge in [-0.05, 0) is 45.2 Å². The highest BCUT2D eigenvalue weighted by Gasteiger charge is 2.24. The summed E-state index contributed by atoms with van der Waals surface area (Å²) in [4.78, 5) is 8.47. The Labute approximate surface area is 134 Å². The van der Waals surface area contributed by atoms with E-state index in [9.17, 15) is 5.11 Å². The first-order chi connectivity index (χ1) is 9.99. The Morgan fingerprint density at radius 3 is 3.00 bits per heavy atom. The van der Waals surface area contributed by atoms with Gasteiger partial charge < -0.3 is 10.4 Å². The van der Waals surface area contributed by atoms with Crippen molar-refractivity contribution in [2.45, 2.75) is 12.5 Å². The first-order valence-corrected chi connectivity index (χ1v) is 8.05. The van der Waals surface area contributed by atoms with Crippen LogP contribution in [0.1, 0.15) is 12.5 Å². The van der Waals surface area contributed by atoms with E-state index in [4.69, 9.17) is 0 Å². The summed E-state index contributed by atoms with van der Waals surface area (Å²) in [6.07, 6.45) is 1.48. The summed E-state index contributed by atoms with van der Waals surface area (Å²) in [5.41, 5.74) is 0.650. The maximum atomic E-state index is 10.6. The van der Waals surface area contributed by atoms with E-state index in [0.29, 0.717) is 17.0 Å². The fourth-order valence-electron chi connectivity index (χ4n) is 2.10. The normalized spacial score (nSPS) is 14.3. The molecule has 0 radical (unpaired) electrons. The minimum atomic E-state index is -0.966. The molecule has 0 aliphatic carbocycles. The monoisotopic (exact) mass is 367 g/mol. The molecule has 1 unspecified atom stereocenters. The molecule has 1 atom stereocenters. The van der Waals surface area contributed by atoms with Gasteiger partial charge in [-0.2, -0.15) is 16.4 Å². The molecular weight excluding hydrogens is 354 g/mol. The zero-order chi connectivity index (χ0) is 15.0. The van der Waals surface area contributed by atoms with Gasteiger partial charge >= 0.3 is 0 Å². The highest BCUT2D eigenvalue weighted by molar-refractivity contribution is 9.10. The summed E-state index contributed by atoms with van der Waals surface area (Å²) in [6, 6.07) is 1.92. The maximum absolute atomic E-state index is 10.6. The van der Waals surface area contributed by atoms with E-state index >= 15 is 0 Å². The number of thiophene rings is 1. The lowest BCUT2D eigenvalue weighted by Crippen LogP contribution is -2.30. The van der Waals surface area contributed by atoms with E-state index in [0.717, 1.165) is 16.6 Å². The van der Waals surface area contributed by atoms with E-state index in [1.165, 1.54) is 6.33 Å². The van der Waals surface area contributed by atoms with Gasteiger partial charge in [-0.1, -0.05) is 0 Å². The molecule has 0 aromatic carbocycles. The molecule has 3 heterocycles. The third-order valence-corrected chi connectivity index (χ3v) is 4.56. The van der Waals surface area contributed by atoms with Crippen LogP contribution in [0.3, 0.4) is 0 Å². The van der Waals surface area contributed by atoms with Gasteiger partial charge in [-0.25, -0.2) is 14.6 Å². The van der Waals surface area contributed by atoms with E-state index in [2.05, 4.69) is 36.3 Å². The van der Waals surface area contributed by atoms with Crippen molar-refractivity contribution in [2.24, 2.45) is 7.05 Å². The first-order valence-electron chi connectivity index (χ1n) is 6.31. The average molecular weight is 368 g/mol. The number of fused-ring (bicyclic) bond motifs is 1. The number of anilines is 1. The van der Waals surface area contributed by atoms with Gasteiger partial charge in [-0.3, -0.25) is 0 Å². The highest BCUT2D eigenvalue weighted by Crippen LogP contribution is 2.28. The number of halogens is 1. The topological polar surface area (TPSA) is 75.9 Å². The van der Waals surface area contributed by atoms with Gasteiger partial charge in [0.25, 0.3) is 0 Å². The number of nitrogens with zero attached hydrogens (tertiary/aromatic N) is 4. The molecule has 110 valence electrons. The van der Waals surface area contributed by atoms with Gasteiger partial charge in [-0.15, -0.1) is 0 Å². The number of hydrogen-bond donors (Lipinski definition) is 2. The Morgan fingerprint density at radius 1 is 1.48 bits per heavy atom. The van der Waals surface area contributed by atoms with Gasteiger partial charge in [0.2, 0.25) is 0 Å². The summed E-state index contributed by atoms with van der Waals surface area (Å²) >= 11 is 4.98. The van der Waals surface area contributed by atoms with Crippen molar-refractivity contribution in [3.63, 3.8) is 0 Å². The Balaban J connectivity index is 1.89. The smallest absolute Gasteiger partial charge is 0.164 e. The third kappa shape index (κ3) is 2.66. The minimum absolute atomic E-state index is 0.344. The van der Waals surface area contributed by atoms with Crippen LogP contribution in [0.5, 0.6) is 0 Å². The van der Waals surface area contributed by atoms with Crippen LogP contribution in [-0.4, -0.2) is 31.4 Å². The van der Waals surface area contributed by atoms with Crippen LogP contribution in [0, 0.1) is 0 Å². The number of rotatable bonds is 4. The lowest BCUT2D eigenvalue weighted by Gasteiger charge is -2.23. The summed E-state index contributed by atoms with van der Waals surface area (Å²) in [5, 5.41) is 22.7. The van der Waals surface area contributed by atoms with Crippen molar-refractivity contribution in [2.75, 3.05) is 11.9 Å². The van der Waals surface area contributed by atoms with Gasteiger partial charge in [0.05, 0.1) is 5.39 Å². The lowest BCUT2D eigenvalue weighted by atomic mass is 9.99. The Morgan fingerprint density at radius 2 is 2.29 bits per heavy atom. The van der Waals surface area contributed by atoms with E-state index < -0.39 is 5.60 Å². The molecule has 0 spiro atoms. The molecule has 0 saturated carbocycles. The molecule has 21 heavy (non-hydrogen) atoms. The van der Waals surface area contributed by atoms with Crippen LogP contribution >= 0.6 is 27.3 Å². The van der Waals surface area contributed by atoms with E-state index in [-0.39, 0.29) is 0 Å². The van der Waals surface area contributed by atoms with Crippen molar-refractivity contribution in [3.8, 4) is 0 Å². The van der Waals surface area contributed by atoms with Crippen molar-refractivity contribution in [1.29, 1.82) is 0 Å². The minimum Gasteiger partial charge on any atom is -0.384 e. The van der Waals surface area contributed by atoms with E-state index in [1.54, 1.807) is 22.9 Å². The van der Waals surface area contributed by atoms with Crippen LogP contribution in [0.4, 0.5) is 5.82 Å². The predicted octanol–water partition coefficient (Wildman–Crippen LogP) is 2.51. The fraction of sp³-hybridized carbons (Fsp3) is 0.308. The first kappa shape index (κ1) is 14.4. The Bertz CT molecular complexity index is 768. The fourth-order valence-corrected chi connectivity index (χ4v) is 3.49. The van der Waals surface area contributed by atoms with Crippen molar-refractivity contribution >= 4 is 44.1 Å². The molecule has 0 aliphatic rings. The van der Waals surface area contributed by atoms with Gasteiger partial charge in [0.15, 0.2) is 5.65 Å². The average Bonchev–Trinajstić information content (AvgIpc) is 3.07. The number of aromatic nitrogens is 4. The number of aliphatic hydroxyl groups is 1. The molecule has 3 rings (SSSR count). The molecule has 3 aromatic rings. The van der Waals surface area contributed by atoms with Gasteiger partial charge in [0, 0.05) is 13.6 Å². The second-order valence-corrected chi connectivity index (χ2v) is 6.51. The second kappa shape index (κ2) is 5.36. The molecule has 0 fully saturated rings. The van der Waals surface area contributed by atoms with Crippen LogP contribution in [0.25, 0.3) is 11.0 Å². The molecule has 0 amide bonds. The van der Waals surface area contributed by atoms with Gasteiger partial charge in [0.1, 0.15) is 22.3 Å². The molecule has 0 saturated heterocycles. The molecular formula is C13H14BrN5OS. The predicted molar refractivity (Wildman–Crippen MR) is 86.4 cm³/mol. The summed E-state index contributed by atoms with van der Waals surface area (Å²) in [7, 11) is 1.82. The van der Waals surface area contributed by atoms with Crippen LogP contribution < -0.4 is 5.32 Å². The van der Waals surface area contributed by atoms with Crippen molar-refractivity contribution in [1.82, 2.24) is 19.7 Å². The third-order valence-electron chi connectivity index (χ3n) is 3.32. The Kier molecular flexibility index (Phi) is 3.68. The summed E-state index contributed by atoms with van der Waals surface area (Å²) < 4.78 is 2.36. The number of aryl methyl sites for hydroxylation is 1. The summed E-state index contributed by atoms with van der Waals surface area (Å²) in [6.45, 7) is 2.12. The zero-order valence-electron chi connectivity index (χ0n) is 11.5. The largest absolute Gasteiger partial charge is 0.384 e. The lowest BCUT2D eigenvalue weighted by molar-refractivity contribution is 0.0719.